The van der Waals surface area contributed by atoms with Gasteiger partial charge < -0.3 is 5.32 Å². The molecule has 3 heterocycles. The first-order chi connectivity index (χ1) is 13.9. The van der Waals surface area contributed by atoms with Crippen molar-refractivity contribution in [3.05, 3.63) is 66.1 Å². The molecule has 1 aliphatic heterocycles. The molecule has 1 aromatic carbocycles. The Kier molecular flexibility index (Phi) is 3.84. The van der Waals surface area contributed by atoms with E-state index in [2.05, 4.69) is 15.3 Å². The van der Waals surface area contributed by atoms with Crippen molar-refractivity contribution < 1.29 is 18.0 Å². The number of carbonyl (C=O) groups excluding carboxylic acids is 1. The summed E-state index contributed by atoms with van der Waals surface area (Å²) in [5.74, 6) is -1.03. The van der Waals surface area contributed by atoms with Crippen LogP contribution in [0, 0.1) is 5.92 Å². The van der Waals surface area contributed by atoms with Crippen LogP contribution in [0.1, 0.15) is 17.8 Å². The molecule has 1 N–H and O–H groups in total. The lowest BCUT2D eigenvalue weighted by atomic mass is 9.96. The van der Waals surface area contributed by atoms with E-state index in [4.69, 9.17) is 0 Å². The molecule has 0 saturated heterocycles. The third-order valence-electron chi connectivity index (χ3n) is 5.17. The first-order valence-electron chi connectivity index (χ1n) is 9.12. The van der Waals surface area contributed by atoms with Gasteiger partial charge in [0.25, 0.3) is 0 Å². The highest BCUT2D eigenvalue weighted by atomic mass is 19.4. The Bertz CT molecular complexity index is 1210. The van der Waals surface area contributed by atoms with E-state index in [1.165, 1.54) is 12.2 Å². The number of alkyl halides is 3. The van der Waals surface area contributed by atoms with E-state index in [0.29, 0.717) is 22.6 Å². The van der Waals surface area contributed by atoms with Crippen molar-refractivity contribution in [2.24, 2.45) is 5.92 Å². The number of rotatable bonds is 2. The number of nitrogens with zero attached hydrogens (tertiary/aromatic N) is 3. The van der Waals surface area contributed by atoms with Crippen LogP contribution in [0.15, 0.2) is 54.8 Å². The van der Waals surface area contributed by atoms with Gasteiger partial charge in [0, 0.05) is 23.1 Å². The summed E-state index contributed by atoms with van der Waals surface area (Å²) < 4.78 is 40.8. The third-order valence-corrected chi connectivity index (χ3v) is 5.17. The fourth-order valence-electron chi connectivity index (χ4n) is 3.73. The minimum Gasteiger partial charge on any atom is -0.326 e. The van der Waals surface area contributed by atoms with E-state index in [9.17, 15) is 18.0 Å². The number of carbonyl (C=O) groups is 1. The number of hydrogen-bond donors (Lipinski definition) is 1. The van der Waals surface area contributed by atoms with Gasteiger partial charge in [-0.05, 0) is 42.3 Å². The van der Waals surface area contributed by atoms with E-state index < -0.39 is 12.1 Å². The average Bonchev–Trinajstić information content (AvgIpc) is 3.26. The molecule has 0 bridgehead atoms. The van der Waals surface area contributed by atoms with Crippen LogP contribution in [0.3, 0.4) is 0 Å². The summed E-state index contributed by atoms with van der Waals surface area (Å²) in [6, 6.07) is 9.12. The molecule has 2 aliphatic rings. The van der Waals surface area contributed by atoms with Crippen LogP contribution in [0.25, 0.3) is 22.4 Å². The SMILES string of the molecule is O=C1Cc2cc(-n3c(C4=CCC(C(F)(F)F)C=C4)nc4cccnc43)ccc2N1. The zero-order valence-electron chi connectivity index (χ0n) is 15.1. The summed E-state index contributed by atoms with van der Waals surface area (Å²) in [5.41, 5.74) is 4.24. The number of halogens is 3. The molecule has 5 nitrogen and oxygen atoms in total. The lowest BCUT2D eigenvalue weighted by Gasteiger charge is -2.19. The molecule has 0 spiro atoms. The van der Waals surface area contributed by atoms with Gasteiger partial charge in [-0.2, -0.15) is 13.2 Å². The van der Waals surface area contributed by atoms with Crippen molar-refractivity contribution in [2.75, 3.05) is 5.32 Å². The summed E-state index contributed by atoms with van der Waals surface area (Å²) in [5, 5.41) is 2.80. The molecule has 3 aromatic rings. The van der Waals surface area contributed by atoms with Crippen LogP contribution in [-0.4, -0.2) is 26.6 Å². The minimum absolute atomic E-state index is 0.0675. The van der Waals surface area contributed by atoms with Crippen molar-refractivity contribution in [1.82, 2.24) is 14.5 Å². The van der Waals surface area contributed by atoms with Gasteiger partial charge in [0.05, 0.1) is 12.3 Å². The number of hydrogen-bond acceptors (Lipinski definition) is 3. The number of anilines is 1. The molecule has 1 unspecified atom stereocenters. The molecule has 2 aromatic heterocycles. The van der Waals surface area contributed by atoms with Gasteiger partial charge in [-0.3, -0.25) is 9.36 Å². The molecule has 0 radical (unpaired) electrons. The van der Waals surface area contributed by atoms with E-state index in [1.807, 2.05) is 28.8 Å². The van der Waals surface area contributed by atoms with E-state index in [-0.39, 0.29) is 18.7 Å². The molecule has 1 aliphatic carbocycles. The van der Waals surface area contributed by atoms with Gasteiger partial charge in [0.2, 0.25) is 5.91 Å². The highest BCUT2D eigenvalue weighted by molar-refractivity contribution is 5.99. The first-order valence-corrected chi connectivity index (χ1v) is 9.12. The number of benzene rings is 1. The lowest BCUT2D eigenvalue weighted by molar-refractivity contribution is -0.160. The summed E-state index contributed by atoms with van der Waals surface area (Å²) in [6.45, 7) is 0. The quantitative estimate of drug-likeness (QED) is 0.697. The molecular weight excluding hydrogens is 381 g/mol. The van der Waals surface area contributed by atoms with Crippen LogP contribution in [0.4, 0.5) is 18.9 Å². The van der Waals surface area contributed by atoms with Gasteiger partial charge >= 0.3 is 6.18 Å². The Morgan fingerprint density at radius 2 is 2.07 bits per heavy atom. The zero-order valence-corrected chi connectivity index (χ0v) is 15.1. The summed E-state index contributed by atoms with van der Waals surface area (Å²) in [7, 11) is 0. The molecular formula is C21H15F3N4O. The Hall–Kier alpha value is -3.42. The van der Waals surface area contributed by atoms with Crippen LogP contribution in [-0.2, 0) is 11.2 Å². The zero-order chi connectivity index (χ0) is 20.2. The van der Waals surface area contributed by atoms with Crippen LogP contribution < -0.4 is 5.32 Å². The molecule has 1 amide bonds. The Morgan fingerprint density at radius 1 is 1.21 bits per heavy atom. The van der Waals surface area contributed by atoms with Gasteiger partial charge in [0.15, 0.2) is 5.65 Å². The van der Waals surface area contributed by atoms with Crippen LogP contribution in [0.5, 0.6) is 0 Å². The van der Waals surface area contributed by atoms with Gasteiger partial charge in [0.1, 0.15) is 11.3 Å². The second kappa shape index (κ2) is 6.30. The predicted molar refractivity (Wildman–Crippen MR) is 102 cm³/mol. The van der Waals surface area contributed by atoms with Crippen LogP contribution >= 0.6 is 0 Å². The van der Waals surface area contributed by atoms with E-state index in [0.717, 1.165) is 16.9 Å². The number of amides is 1. The highest BCUT2D eigenvalue weighted by Gasteiger charge is 2.38. The fourth-order valence-corrected chi connectivity index (χ4v) is 3.73. The van der Waals surface area contributed by atoms with E-state index >= 15 is 0 Å². The third kappa shape index (κ3) is 3.00. The highest BCUT2D eigenvalue weighted by Crippen LogP contribution is 2.36. The maximum atomic E-state index is 13.0. The largest absolute Gasteiger partial charge is 0.395 e. The van der Waals surface area contributed by atoms with E-state index in [1.54, 1.807) is 18.3 Å². The molecule has 1 atom stereocenters. The maximum absolute atomic E-state index is 13.0. The first kappa shape index (κ1) is 17.7. The number of nitrogens with one attached hydrogen (secondary N) is 1. The molecule has 0 fully saturated rings. The second-order valence-electron chi connectivity index (χ2n) is 7.09. The molecule has 8 heteroatoms. The second-order valence-corrected chi connectivity index (χ2v) is 7.09. The monoisotopic (exact) mass is 396 g/mol. The molecule has 146 valence electrons. The van der Waals surface area contributed by atoms with Gasteiger partial charge in [-0.25, -0.2) is 9.97 Å². The molecule has 5 rings (SSSR count). The van der Waals surface area contributed by atoms with Crippen molar-refractivity contribution in [3.63, 3.8) is 0 Å². The van der Waals surface area contributed by atoms with Gasteiger partial charge in [-0.1, -0.05) is 18.2 Å². The number of pyridine rings is 1. The molecule has 29 heavy (non-hydrogen) atoms. The topological polar surface area (TPSA) is 59.8 Å². The van der Waals surface area contributed by atoms with Crippen molar-refractivity contribution >= 4 is 28.3 Å². The number of fused-ring (bicyclic) bond motifs is 2. The number of imidazole rings is 1. The summed E-state index contributed by atoms with van der Waals surface area (Å²) in [6.07, 6.45) is 1.75. The normalized spacial score (nSPS) is 18.7. The summed E-state index contributed by atoms with van der Waals surface area (Å²) >= 11 is 0. The van der Waals surface area contributed by atoms with Crippen molar-refractivity contribution in [2.45, 2.75) is 19.0 Å². The lowest BCUT2D eigenvalue weighted by Crippen LogP contribution is -2.21. The Morgan fingerprint density at radius 3 is 2.83 bits per heavy atom. The average molecular weight is 396 g/mol. The molecule has 0 saturated carbocycles. The Labute approximate surface area is 163 Å². The summed E-state index contributed by atoms with van der Waals surface area (Å²) in [4.78, 5) is 20.7. The maximum Gasteiger partial charge on any atom is 0.395 e. The number of allylic oxidation sites excluding steroid dienone is 4. The standard InChI is InChI=1S/C21H15F3N4O/c22-21(23,24)14-5-3-12(4-6-14)19-27-17-2-1-9-25-20(17)28(19)15-7-8-16-13(10-15)11-18(29)26-16/h1-5,7-10,14H,6,11H2,(H,26,29). The Balaban J connectivity index is 1.63. The number of aromatic nitrogens is 3. The van der Waals surface area contributed by atoms with Crippen molar-refractivity contribution in [1.29, 1.82) is 0 Å². The predicted octanol–water partition coefficient (Wildman–Crippen LogP) is 4.44. The van der Waals surface area contributed by atoms with Gasteiger partial charge in [-0.15, -0.1) is 0 Å². The van der Waals surface area contributed by atoms with Crippen LogP contribution in [0.2, 0.25) is 0 Å². The minimum atomic E-state index is -4.26. The van der Waals surface area contributed by atoms with Crippen molar-refractivity contribution in [3.8, 4) is 5.69 Å². The fraction of sp³-hybridized carbons (Fsp3) is 0.190. The smallest absolute Gasteiger partial charge is 0.326 e.